The number of carbonyl (C=O) groups excluding carboxylic acids is 1. The van der Waals surface area contributed by atoms with Crippen LogP contribution in [0.1, 0.15) is 33.1 Å². The lowest BCUT2D eigenvalue weighted by Crippen LogP contribution is -2.53. The second kappa shape index (κ2) is 4.82. The summed E-state index contributed by atoms with van der Waals surface area (Å²) in [5.74, 6) is -1.07. The fourth-order valence-electron chi connectivity index (χ4n) is 1.91. The molecule has 5 heteroatoms. The van der Waals surface area contributed by atoms with Gasteiger partial charge in [-0.25, -0.2) is 4.79 Å². The Hall–Kier alpha value is -1.10. The molecule has 5 nitrogen and oxygen atoms in total. The van der Waals surface area contributed by atoms with E-state index in [2.05, 4.69) is 0 Å². The molecular weight excluding hydrogens is 208 g/mol. The predicted molar refractivity (Wildman–Crippen MR) is 59.8 cm³/mol. The van der Waals surface area contributed by atoms with E-state index in [0.29, 0.717) is 13.0 Å². The van der Waals surface area contributed by atoms with E-state index in [4.69, 9.17) is 10.8 Å². The minimum atomic E-state index is -0.916. The van der Waals surface area contributed by atoms with Gasteiger partial charge in [0.2, 0.25) is 5.91 Å². The van der Waals surface area contributed by atoms with Gasteiger partial charge in [-0.2, -0.15) is 0 Å². The van der Waals surface area contributed by atoms with Gasteiger partial charge in [0.15, 0.2) is 0 Å². The second-order valence-electron chi connectivity index (χ2n) is 4.94. The Balaban J connectivity index is 2.83. The van der Waals surface area contributed by atoms with Gasteiger partial charge < -0.3 is 15.7 Å². The summed E-state index contributed by atoms with van der Waals surface area (Å²) < 4.78 is 0. The summed E-state index contributed by atoms with van der Waals surface area (Å²) in [7, 11) is 0. The molecule has 1 saturated heterocycles. The summed E-state index contributed by atoms with van der Waals surface area (Å²) in [4.78, 5) is 24.7. The molecule has 1 atom stereocenters. The number of piperidine rings is 1. The Bertz CT molecular complexity index is 289. The van der Waals surface area contributed by atoms with Gasteiger partial charge in [0.1, 0.15) is 6.04 Å². The van der Waals surface area contributed by atoms with Crippen LogP contribution in [0, 0.1) is 5.41 Å². The van der Waals surface area contributed by atoms with Crippen LogP contribution < -0.4 is 5.73 Å². The van der Waals surface area contributed by atoms with Gasteiger partial charge in [-0.3, -0.25) is 4.79 Å². The average Bonchev–Trinajstić information content (AvgIpc) is 2.28. The third kappa shape index (κ3) is 2.52. The number of nitrogens with two attached hydrogens (primary N) is 1. The van der Waals surface area contributed by atoms with Crippen LogP contribution in [0.2, 0.25) is 0 Å². The molecule has 0 radical (unpaired) electrons. The van der Waals surface area contributed by atoms with E-state index >= 15 is 0 Å². The summed E-state index contributed by atoms with van der Waals surface area (Å²) in [6.07, 6.45) is 2.28. The first-order valence-electron chi connectivity index (χ1n) is 5.64. The summed E-state index contributed by atoms with van der Waals surface area (Å²) in [5, 5.41) is 9.07. The van der Waals surface area contributed by atoms with Crippen LogP contribution in [0.15, 0.2) is 0 Å². The molecule has 0 spiro atoms. The molecule has 0 bridgehead atoms. The van der Waals surface area contributed by atoms with E-state index in [9.17, 15) is 9.59 Å². The van der Waals surface area contributed by atoms with Crippen molar-refractivity contribution in [3.05, 3.63) is 0 Å². The maximum Gasteiger partial charge on any atom is 0.326 e. The first kappa shape index (κ1) is 13.0. The Labute approximate surface area is 95.6 Å². The van der Waals surface area contributed by atoms with Crippen LogP contribution >= 0.6 is 0 Å². The van der Waals surface area contributed by atoms with Gasteiger partial charge in [0, 0.05) is 13.1 Å². The van der Waals surface area contributed by atoms with E-state index in [1.165, 1.54) is 4.90 Å². The second-order valence-corrected chi connectivity index (χ2v) is 4.94. The van der Waals surface area contributed by atoms with Crippen LogP contribution in [0.4, 0.5) is 0 Å². The normalized spacial score (nSPS) is 21.9. The highest BCUT2D eigenvalue weighted by atomic mass is 16.4. The molecule has 1 rings (SSSR count). The van der Waals surface area contributed by atoms with E-state index in [1.54, 1.807) is 13.8 Å². The van der Waals surface area contributed by atoms with Crippen molar-refractivity contribution in [3.8, 4) is 0 Å². The van der Waals surface area contributed by atoms with E-state index in [0.717, 1.165) is 12.8 Å². The van der Waals surface area contributed by atoms with Crippen LogP contribution in [-0.2, 0) is 9.59 Å². The smallest absolute Gasteiger partial charge is 0.326 e. The van der Waals surface area contributed by atoms with Crippen LogP contribution in [0.3, 0.4) is 0 Å². The van der Waals surface area contributed by atoms with Crippen molar-refractivity contribution in [1.82, 2.24) is 4.90 Å². The maximum absolute atomic E-state index is 12.1. The van der Waals surface area contributed by atoms with Crippen LogP contribution in [0.25, 0.3) is 0 Å². The molecular formula is C11H20N2O3. The quantitative estimate of drug-likeness (QED) is 0.734. The fraction of sp³-hybridized carbons (Fsp3) is 0.818. The molecule has 16 heavy (non-hydrogen) atoms. The highest BCUT2D eigenvalue weighted by Gasteiger charge is 2.38. The molecule has 1 aliphatic heterocycles. The van der Waals surface area contributed by atoms with Crippen molar-refractivity contribution in [1.29, 1.82) is 0 Å². The molecule has 0 aliphatic carbocycles. The molecule has 0 aromatic carbocycles. The van der Waals surface area contributed by atoms with Gasteiger partial charge in [-0.15, -0.1) is 0 Å². The Morgan fingerprint density at radius 2 is 2.06 bits per heavy atom. The van der Waals surface area contributed by atoms with Crippen molar-refractivity contribution >= 4 is 11.9 Å². The predicted octanol–water partition coefficient (Wildman–Crippen LogP) is 0.437. The summed E-state index contributed by atoms with van der Waals surface area (Å²) >= 11 is 0. The van der Waals surface area contributed by atoms with Crippen molar-refractivity contribution in [3.63, 3.8) is 0 Å². The molecule has 1 unspecified atom stereocenters. The van der Waals surface area contributed by atoms with E-state index < -0.39 is 17.4 Å². The number of carbonyl (C=O) groups is 2. The van der Waals surface area contributed by atoms with E-state index in [-0.39, 0.29) is 12.5 Å². The molecule has 0 aromatic heterocycles. The lowest BCUT2D eigenvalue weighted by atomic mass is 9.89. The van der Waals surface area contributed by atoms with Crippen molar-refractivity contribution in [2.24, 2.45) is 11.1 Å². The molecule has 0 saturated carbocycles. The molecule has 1 heterocycles. The molecule has 3 N–H and O–H groups in total. The fourth-order valence-corrected chi connectivity index (χ4v) is 1.91. The SMILES string of the molecule is CC(C)(CN)C(=O)N1CCCCC1C(=O)O. The van der Waals surface area contributed by atoms with E-state index in [1.807, 2.05) is 0 Å². The molecule has 1 aliphatic rings. The molecule has 0 aromatic rings. The topological polar surface area (TPSA) is 83.6 Å². The number of aliphatic carboxylic acids is 1. The Morgan fingerprint density at radius 3 is 2.56 bits per heavy atom. The van der Waals surface area contributed by atoms with Gasteiger partial charge in [-0.05, 0) is 33.1 Å². The van der Waals surface area contributed by atoms with Crippen molar-refractivity contribution in [2.45, 2.75) is 39.2 Å². The molecule has 1 amide bonds. The lowest BCUT2D eigenvalue weighted by Gasteiger charge is -2.37. The van der Waals surface area contributed by atoms with Crippen molar-refractivity contribution in [2.75, 3.05) is 13.1 Å². The highest BCUT2D eigenvalue weighted by molar-refractivity contribution is 5.87. The van der Waals surface area contributed by atoms with Crippen LogP contribution in [0.5, 0.6) is 0 Å². The Kier molecular flexibility index (Phi) is 3.91. The number of nitrogens with zero attached hydrogens (tertiary/aromatic N) is 1. The average molecular weight is 228 g/mol. The standard InChI is InChI=1S/C11H20N2O3/c1-11(2,7-12)10(16)13-6-4-3-5-8(13)9(14)15/h8H,3-7,12H2,1-2H3,(H,14,15). The third-order valence-corrected chi connectivity index (χ3v) is 3.14. The van der Waals surface area contributed by atoms with Crippen LogP contribution in [-0.4, -0.2) is 41.0 Å². The minimum Gasteiger partial charge on any atom is -0.480 e. The maximum atomic E-state index is 12.1. The number of carboxylic acid groups (broad SMARTS) is 1. The zero-order valence-corrected chi connectivity index (χ0v) is 9.90. The van der Waals surface area contributed by atoms with Gasteiger partial charge in [0.25, 0.3) is 0 Å². The van der Waals surface area contributed by atoms with Crippen molar-refractivity contribution < 1.29 is 14.7 Å². The molecule has 92 valence electrons. The van der Waals surface area contributed by atoms with Gasteiger partial charge in [0.05, 0.1) is 5.41 Å². The first-order chi connectivity index (χ1) is 7.40. The minimum absolute atomic E-state index is 0.151. The molecule has 1 fully saturated rings. The number of likely N-dealkylation sites (tertiary alicyclic amines) is 1. The summed E-state index contributed by atoms with van der Waals surface area (Å²) in [6, 6.07) is -0.674. The van der Waals surface area contributed by atoms with Gasteiger partial charge >= 0.3 is 5.97 Å². The zero-order valence-electron chi connectivity index (χ0n) is 9.90. The number of amides is 1. The number of carboxylic acids is 1. The first-order valence-corrected chi connectivity index (χ1v) is 5.64. The number of rotatable bonds is 3. The summed E-state index contributed by atoms with van der Waals surface area (Å²) in [6.45, 7) is 4.26. The third-order valence-electron chi connectivity index (χ3n) is 3.14. The number of hydrogen-bond donors (Lipinski definition) is 2. The van der Waals surface area contributed by atoms with Gasteiger partial charge in [-0.1, -0.05) is 0 Å². The monoisotopic (exact) mass is 228 g/mol. The number of hydrogen-bond acceptors (Lipinski definition) is 3. The lowest BCUT2D eigenvalue weighted by molar-refractivity contribution is -0.156. The Morgan fingerprint density at radius 1 is 1.44 bits per heavy atom. The summed E-state index contributed by atoms with van der Waals surface area (Å²) in [5.41, 5.74) is 4.86. The highest BCUT2D eigenvalue weighted by Crippen LogP contribution is 2.24. The largest absolute Gasteiger partial charge is 0.480 e. The zero-order chi connectivity index (χ0) is 12.3.